The van der Waals surface area contributed by atoms with Gasteiger partial charge in [-0.3, -0.25) is 13.9 Å². The SMILES string of the molecule is CC[C@H](C)NC(=O)[C@H](CC)N(Cc1ccc(Cl)cc1)C(=O)CN(c1ccc(Cl)c(Cl)c1)S(=O)(=O)c1ccc(C)cc1. The Kier molecular flexibility index (Phi) is 11.5. The lowest BCUT2D eigenvalue weighted by Gasteiger charge is -2.33. The largest absolute Gasteiger partial charge is 0.352 e. The highest BCUT2D eigenvalue weighted by Crippen LogP contribution is 2.31. The molecule has 0 aliphatic carbocycles. The second-order valence-corrected chi connectivity index (χ2v) is 12.9. The van der Waals surface area contributed by atoms with Crippen molar-refractivity contribution in [2.45, 2.75) is 64.1 Å². The highest BCUT2D eigenvalue weighted by atomic mass is 35.5. The minimum absolute atomic E-state index is 0.00720. The van der Waals surface area contributed by atoms with Gasteiger partial charge in [0.25, 0.3) is 10.0 Å². The van der Waals surface area contributed by atoms with Crippen LogP contribution in [-0.2, 0) is 26.2 Å². The van der Waals surface area contributed by atoms with Crippen molar-refractivity contribution in [3.8, 4) is 0 Å². The number of nitrogens with one attached hydrogen (secondary N) is 1. The first-order valence-corrected chi connectivity index (χ1v) is 15.8. The minimum atomic E-state index is -4.22. The number of halogens is 3. The average Bonchev–Trinajstić information content (AvgIpc) is 2.94. The summed E-state index contributed by atoms with van der Waals surface area (Å²) in [7, 11) is -4.22. The molecule has 0 saturated heterocycles. The predicted molar refractivity (Wildman–Crippen MR) is 166 cm³/mol. The molecule has 0 aromatic heterocycles. The molecule has 3 aromatic carbocycles. The number of anilines is 1. The maximum Gasteiger partial charge on any atom is 0.264 e. The van der Waals surface area contributed by atoms with E-state index in [0.717, 1.165) is 15.4 Å². The predicted octanol–water partition coefficient (Wildman–Crippen LogP) is 6.87. The first-order valence-electron chi connectivity index (χ1n) is 13.3. The zero-order valence-corrected chi connectivity index (χ0v) is 26.5. The molecular formula is C30H34Cl3N3O4S. The maximum atomic E-state index is 14.1. The lowest BCUT2D eigenvalue weighted by Crippen LogP contribution is -2.53. The van der Waals surface area contributed by atoms with Crippen molar-refractivity contribution in [3.63, 3.8) is 0 Å². The van der Waals surface area contributed by atoms with Crippen LogP contribution < -0.4 is 9.62 Å². The molecule has 11 heteroatoms. The Morgan fingerprint density at radius 2 is 1.51 bits per heavy atom. The summed E-state index contributed by atoms with van der Waals surface area (Å²) in [5, 5.41) is 3.86. The Bertz CT molecular complexity index is 1470. The number of sulfonamides is 1. The van der Waals surface area contributed by atoms with Crippen LogP contribution in [0.2, 0.25) is 15.1 Å². The third-order valence-electron chi connectivity index (χ3n) is 6.73. The van der Waals surface area contributed by atoms with Gasteiger partial charge in [0, 0.05) is 17.6 Å². The lowest BCUT2D eigenvalue weighted by atomic mass is 10.1. The van der Waals surface area contributed by atoms with Crippen LogP contribution in [-0.4, -0.2) is 43.8 Å². The molecule has 0 unspecified atom stereocenters. The highest BCUT2D eigenvalue weighted by molar-refractivity contribution is 7.92. The Morgan fingerprint density at radius 1 is 0.878 bits per heavy atom. The van der Waals surface area contributed by atoms with Gasteiger partial charge in [-0.25, -0.2) is 8.42 Å². The normalized spacial score (nSPS) is 12.9. The number of benzene rings is 3. The van der Waals surface area contributed by atoms with Crippen LogP contribution in [0.15, 0.2) is 71.6 Å². The van der Waals surface area contributed by atoms with Gasteiger partial charge in [0.2, 0.25) is 11.8 Å². The van der Waals surface area contributed by atoms with E-state index >= 15 is 0 Å². The minimum Gasteiger partial charge on any atom is -0.352 e. The van der Waals surface area contributed by atoms with Crippen LogP contribution in [0, 0.1) is 6.92 Å². The summed E-state index contributed by atoms with van der Waals surface area (Å²) < 4.78 is 28.9. The number of carbonyl (C=O) groups is 2. The van der Waals surface area contributed by atoms with E-state index in [1.165, 1.54) is 35.2 Å². The first kappa shape index (κ1) is 32.7. The molecule has 1 N–H and O–H groups in total. The number of carbonyl (C=O) groups excluding carboxylic acids is 2. The molecule has 2 amide bonds. The Morgan fingerprint density at radius 3 is 2.07 bits per heavy atom. The van der Waals surface area contributed by atoms with Crippen molar-refractivity contribution in [3.05, 3.63) is 92.9 Å². The summed E-state index contributed by atoms with van der Waals surface area (Å²) in [5.74, 6) is -0.875. The smallest absolute Gasteiger partial charge is 0.264 e. The molecule has 220 valence electrons. The molecule has 0 heterocycles. The van der Waals surface area contributed by atoms with Crippen LogP contribution in [0.1, 0.15) is 44.7 Å². The van der Waals surface area contributed by atoms with Crippen LogP contribution in [0.4, 0.5) is 5.69 Å². The number of aryl methyl sites for hydroxylation is 1. The Labute approximate surface area is 257 Å². The monoisotopic (exact) mass is 637 g/mol. The molecule has 7 nitrogen and oxygen atoms in total. The molecule has 0 radical (unpaired) electrons. The van der Waals surface area contributed by atoms with E-state index in [4.69, 9.17) is 34.8 Å². The van der Waals surface area contributed by atoms with Gasteiger partial charge in [-0.15, -0.1) is 0 Å². The maximum absolute atomic E-state index is 14.1. The fourth-order valence-electron chi connectivity index (χ4n) is 4.15. The van der Waals surface area contributed by atoms with Gasteiger partial charge in [0.15, 0.2) is 0 Å². The fourth-order valence-corrected chi connectivity index (χ4v) is 5.98. The van der Waals surface area contributed by atoms with Crippen molar-refractivity contribution in [2.75, 3.05) is 10.8 Å². The standard InChI is InChI=1S/C30H34Cl3N3O4S/c1-5-21(4)34-30(38)28(6-2)35(18-22-9-11-23(31)12-10-22)29(37)19-36(24-13-16-26(32)27(33)17-24)41(39,40)25-14-7-20(3)8-15-25/h7-17,21,28H,5-6,18-19H2,1-4H3,(H,34,38)/t21-,28-/m0/s1. The molecule has 3 aromatic rings. The topological polar surface area (TPSA) is 86.8 Å². The van der Waals surface area contributed by atoms with E-state index in [1.54, 1.807) is 36.4 Å². The Hall–Kier alpha value is -2.78. The molecule has 3 rings (SSSR count). The van der Waals surface area contributed by atoms with Gasteiger partial charge in [-0.05, 0) is 74.7 Å². The summed E-state index contributed by atoms with van der Waals surface area (Å²) in [5.41, 5.74) is 1.78. The van der Waals surface area contributed by atoms with E-state index in [2.05, 4.69) is 5.32 Å². The summed E-state index contributed by atoms with van der Waals surface area (Å²) in [6, 6.07) is 16.7. The van der Waals surface area contributed by atoms with E-state index in [1.807, 2.05) is 27.7 Å². The molecule has 0 bridgehead atoms. The van der Waals surface area contributed by atoms with E-state index < -0.39 is 28.5 Å². The van der Waals surface area contributed by atoms with Crippen molar-refractivity contribution in [1.82, 2.24) is 10.2 Å². The molecule has 0 aliphatic rings. The van der Waals surface area contributed by atoms with Crippen molar-refractivity contribution in [2.24, 2.45) is 0 Å². The number of hydrogen-bond donors (Lipinski definition) is 1. The van der Waals surface area contributed by atoms with Gasteiger partial charge >= 0.3 is 0 Å². The zero-order chi connectivity index (χ0) is 30.3. The average molecular weight is 639 g/mol. The summed E-state index contributed by atoms with van der Waals surface area (Å²) in [6.07, 6.45) is 1.03. The van der Waals surface area contributed by atoms with Crippen LogP contribution in [0.3, 0.4) is 0 Å². The molecule has 0 fully saturated rings. The highest BCUT2D eigenvalue weighted by Gasteiger charge is 2.34. The van der Waals surface area contributed by atoms with Crippen LogP contribution in [0.25, 0.3) is 0 Å². The summed E-state index contributed by atoms with van der Waals surface area (Å²) >= 11 is 18.4. The third kappa shape index (κ3) is 8.38. The third-order valence-corrected chi connectivity index (χ3v) is 9.51. The number of rotatable bonds is 12. The number of hydrogen-bond acceptors (Lipinski definition) is 4. The van der Waals surface area contributed by atoms with Gasteiger partial charge in [0.1, 0.15) is 12.6 Å². The molecule has 2 atom stereocenters. The van der Waals surface area contributed by atoms with Crippen molar-refractivity contribution < 1.29 is 18.0 Å². The van der Waals surface area contributed by atoms with Crippen molar-refractivity contribution >= 4 is 62.3 Å². The second-order valence-electron chi connectivity index (χ2n) is 9.81. The number of amides is 2. The quantitative estimate of drug-likeness (QED) is 0.235. The second kappa shape index (κ2) is 14.4. The van der Waals surface area contributed by atoms with E-state index in [9.17, 15) is 18.0 Å². The van der Waals surface area contributed by atoms with Crippen molar-refractivity contribution in [1.29, 1.82) is 0 Å². The molecule has 0 spiro atoms. The molecular weight excluding hydrogens is 605 g/mol. The van der Waals surface area contributed by atoms with Gasteiger partial charge in [0.05, 0.1) is 20.6 Å². The van der Waals surface area contributed by atoms with Crippen LogP contribution in [0.5, 0.6) is 0 Å². The molecule has 0 saturated carbocycles. The van der Waals surface area contributed by atoms with Crippen LogP contribution >= 0.6 is 34.8 Å². The molecule has 41 heavy (non-hydrogen) atoms. The summed E-state index contributed by atoms with van der Waals surface area (Å²) in [6.45, 7) is 6.99. The number of nitrogens with zero attached hydrogens (tertiary/aromatic N) is 2. The van der Waals surface area contributed by atoms with E-state index in [-0.39, 0.29) is 39.1 Å². The first-order chi connectivity index (χ1) is 19.4. The van der Waals surface area contributed by atoms with E-state index in [0.29, 0.717) is 17.9 Å². The zero-order valence-electron chi connectivity index (χ0n) is 23.4. The fraction of sp³-hybridized carbons (Fsp3) is 0.333. The summed E-state index contributed by atoms with van der Waals surface area (Å²) in [4.78, 5) is 28.8. The van der Waals surface area contributed by atoms with Gasteiger partial charge in [-0.1, -0.05) is 78.5 Å². The Balaban J connectivity index is 2.08. The molecule has 0 aliphatic heterocycles. The van der Waals surface area contributed by atoms with Gasteiger partial charge in [-0.2, -0.15) is 0 Å². The lowest BCUT2D eigenvalue weighted by molar-refractivity contribution is -0.140. The van der Waals surface area contributed by atoms with Gasteiger partial charge < -0.3 is 10.2 Å².